The van der Waals surface area contributed by atoms with Crippen molar-refractivity contribution in [2.75, 3.05) is 26.0 Å². The maximum absolute atomic E-state index is 13.2. The van der Waals surface area contributed by atoms with Gasteiger partial charge >= 0.3 is 0 Å². The minimum Gasteiger partial charge on any atom is -0.493 e. The molecule has 4 rings (SSSR count). The van der Waals surface area contributed by atoms with Crippen LogP contribution in [0.15, 0.2) is 24.3 Å². The molecule has 0 saturated carbocycles. The van der Waals surface area contributed by atoms with Crippen molar-refractivity contribution in [3.63, 3.8) is 0 Å². The van der Waals surface area contributed by atoms with E-state index < -0.39 is 22.1 Å². The summed E-state index contributed by atoms with van der Waals surface area (Å²) in [7, 11) is -3.44. The SMILES string of the molecule is CS(=O)(=O)N1CC[C@H]2CC[C@@H](C(=O)N[C@@H]3CCOc4ccccc43)N2C(=O)[C@@H](N)C1. The van der Waals surface area contributed by atoms with E-state index in [1.54, 1.807) is 4.90 Å². The molecule has 0 aromatic heterocycles. The van der Waals surface area contributed by atoms with Crippen molar-refractivity contribution in [1.82, 2.24) is 14.5 Å². The maximum atomic E-state index is 13.2. The number of nitrogens with one attached hydrogen (secondary N) is 1. The number of ether oxygens (including phenoxy) is 1. The number of rotatable bonds is 3. The van der Waals surface area contributed by atoms with Crippen molar-refractivity contribution in [3.8, 4) is 5.75 Å². The van der Waals surface area contributed by atoms with E-state index in [9.17, 15) is 18.0 Å². The molecule has 0 bridgehead atoms. The van der Waals surface area contributed by atoms with Gasteiger partial charge in [-0.05, 0) is 25.3 Å². The van der Waals surface area contributed by atoms with Crippen molar-refractivity contribution >= 4 is 21.8 Å². The van der Waals surface area contributed by atoms with Gasteiger partial charge in [-0.15, -0.1) is 0 Å². The zero-order chi connectivity index (χ0) is 21.5. The lowest BCUT2D eigenvalue weighted by atomic mass is 10.00. The van der Waals surface area contributed by atoms with Crippen LogP contribution < -0.4 is 15.8 Å². The van der Waals surface area contributed by atoms with Crippen LogP contribution in [0.25, 0.3) is 0 Å². The van der Waals surface area contributed by atoms with Crippen molar-refractivity contribution in [1.29, 1.82) is 0 Å². The van der Waals surface area contributed by atoms with E-state index in [1.807, 2.05) is 24.3 Å². The number of carbonyl (C=O) groups excluding carboxylic acids is 2. The van der Waals surface area contributed by atoms with Gasteiger partial charge in [-0.25, -0.2) is 8.42 Å². The standard InChI is InChI=1S/C20H28N4O5S/c1-30(27,28)23-10-8-13-6-7-17(24(13)20(26)15(21)12-23)19(25)22-16-9-11-29-18-5-3-2-4-14(16)18/h2-5,13,15-17H,6-12,21H2,1H3,(H,22,25)/t13-,15+,16-,17+/m1/s1. The van der Waals surface area contributed by atoms with Gasteiger partial charge in [0.15, 0.2) is 0 Å². The second-order valence-electron chi connectivity index (χ2n) is 8.24. The highest BCUT2D eigenvalue weighted by Gasteiger charge is 2.45. The Morgan fingerprint density at radius 1 is 1.20 bits per heavy atom. The van der Waals surface area contributed by atoms with E-state index >= 15 is 0 Å². The molecule has 10 heteroatoms. The maximum Gasteiger partial charge on any atom is 0.243 e. The normalized spacial score (nSPS) is 29.9. The summed E-state index contributed by atoms with van der Waals surface area (Å²) in [6, 6.07) is 5.69. The summed E-state index contributed by atoms with van der Waals surface area (Å²) in [5.74, 6) is 0.210. The van der Waals surface area contributed by atoms with Gasteiger partial charge in [-0.1, -0.05) is 18.2 Å². The number of sulfonamides is 1. The summed E-state index contributed by atoms with van der Waals surface area (Å²) in [6.07, 6.45) is 3.47. The Balaban J connectivity index is 1.50. The number of hydrogen-bond donors (Lipinski definition) is 2. The summed E-state index contributed by atoms with van der Waals surface area (Å²) in [6.45, 7) is 0.745. The highest BCUT2D eigenvalue weighted by Crippen LogP contribution is 2.33. The molecule has 2 fully saturated rings. The zero-order valence-corrected chi connectivity index (χ0v) is 17.8. The first kappa shape index (κ1) is 21.1. The molecule has 0 unspecified atom stereocenters. The third-order valence-electron chi connectivity index (χ3n) is 6.23. The number of nitrogens with zero attached hydrogens (tertiary/aromatic N) is 2. The van der Waals surface area contributed by atoms with Gasteiger partial charge < -0.3 is 20.7 Å². The van der Waals surface area contributed by atoms with E-state index in [2.05, 4.69) is 5.32 Å². The van der Waals surface area contributed by atoms with Crippen LogP contribution in [0, 0.1) is 0 Å². The molecule has 2 amide bonds. The molecule has 3 aliphatic heterocycles. The Hall–Kier alpha value is -2.17. The van der Waals surface area contributed by atoms with Crippen LogP contribution in [-0.4, -0.2) is 73.5 Å². The molecule has 3 N–H and O–H groups in total. The molecular formula is C20H28N4O5S. The molecule has 2 saturated heterocycles. The van der Waals surface area contributed by atoms with Gasteiger partial charge in [0.05, 0.1) is 24.9 Å². The fraction of sp³-hybridized carbons (Fsp3) is 0.600. The van der Waals surface area contributed by atoms with Crippen molar-refractivity contribution < 1.29 is 22.7 Å². The minimum absolute atomic E-state index is 0.0669. The van der Waals surface area contributed by atoms with E-state index in [1.165, 1.54) is 4.31 Å². The lowest BCUT2D eigenvalue weighted by Gasteiger charge is -2.37. The van der Waals surface area contributed by atoms with Crippen molar-refractivity contribution in [2.45, 2.75) is 49.9 Å². The number of nitrogens with two attached hydrogens (primary N) is 1. The van der Waals surface area contributed by atoms with Gasteiger partial charge in [0.1, 0.15) is 11.8 Å². The summed E-state index contributed by atoms with van der Waals surface area (Å²) < 4.78 is 30.8. The van der Waals surface area contributed by atoms with Gasteiger partial charge in [0.2, 0.25) is 21.8 Å². The first-order chi connectivity index (χ1) is 14.3. The fourth-order valence-corrected chi connectivity index (χ4v) is 5.56. The molecule has 0 radical (unpaired) electrons. The lowest BCUT2D eigenvalue weighted by molar-refractivity contribution is -0.142. The number of para-hydroxylation sites is 1. The Morgan fingerprint density at radius 2 is 1.97 bits per heavy atom. The molecule has 3 aliphatic rings. The summed E-state index contributed by atoms with van der Waals surface area (Å²) >= 11 is 0. The molecule has 0 spiro atoms. The van der Waals surface area contributed by atoms with E-state index in [4.69, 9.17) is 10.5 Å². The Kier molecular flexibility index (Phi) is 5.73. The number of carbonyl (C=O) groups is 2. The number of benzene rings is 1. The average molecular weight is 437 g/mol. The van der Waals surface area contributed by atoms with Crippen molar-refractivity contribution in [3.05, 3.63) is 29.8 Å². The third kappa shape index (κ3) is 4.03. The molecule has 9 nitrogen and oxygen atoms in total. The predicted molar refractivity (Wildman–Crippen MR) is 110 cm³/mol. The summed E-state index contributed by atoms with van der Waals surface area (Å²) in [4.78, 5) is 27.8. The zero-order valence-electron chi connectivity index (χ0n) is 17.0. The minimum atomic E-state index is -3.44. The average Bonchev–Trinajstić information content (AvgIpc) is 3.12. The van der Waals surface area contributed by atoms with E-state index in [0.717, 1.165) is 17.6 Å². The van der Waals surface area contributed by atoms with Crippen LogP contribution in [0.4, 0.5) is 0 Å². The Morgan fingerprint density at radius 3 is 2.73 bits per heavy atom. The fourth-order valence-electron chi connectivity index (χ4n) is 4.69. The van der Waals surface area contributed by atoms with Crippen LogP contribution in [0.5, 0.6) is 5.75 Å². The second kappa shape index (κ2) is 8.16. The van der Waals surface area contributed by atoms with Crippen LogP contribution in [0.1, 0.15) is 37.3 Å². The second-order valence-corrected chi connectivity index (χ2v) is 10.2. The third-order valence-corrected chi connectivity index (χ3v) is 7.50. The predicted octanol–water partition coefficient (Wildman–Crippen LogP) is -0.0214. The molecule has 164 valence electrons. The van der Waals surface area contributed by atoms with Crippen molar-refractivity contribution in [2.24, 2.45) is 5.73 Å². The molecule has 1 aromatic carbocycles. The monoisotopic (exact) mass is 436 g/mol. The highest BCUT2D eigenvalue weighted by atomic mass is 32.2. The molecule has 0 aliphatic carbocycles. The quantitative estimate of drug-likeness (QED) is 0.687. The van der Waals surface area contributed by atoms with Gasteiger partial charge in [-0.2, -0.15) is 4.31 Å². The molecule has 30 heavy (non-hydrogen) atoms. The summed E-state index contributed by atoms with van der Waals surface area (Å²) in [5.41, 5.74) is 6.99. The number of amides is 2. The molecule has 1 aromatic rings. The van der Waals surface area contributed by atoms with Gasteiger partial charge in [-0.3, -0.25) is 9.59 Å². The Bertz CT molecular complexity index is 937. The number of hydrogen-bond acceptors (Lipinski definition) is 6. The van der Waals surface area contributed by atoms with Gasteiger partial charge in [0, 0.05) is 31.1 Å². The lowest BCUT2D eigenvalue weighted by Crippen LogP contribution is -2.59. The Labute approximate surface area is 176 Å². The first-order valence-corrected chi connectivity index (χ1v) is 12.2. The number of fused-ring (bicyclic) bond motifs is 2. The largest absolute Gasteiger partial charge is 0.493 e. The van der Waals surface area contributed by atoms with Crippen LogP contribution in [0.3, 0.4) is 0 Å². The molecular weight excluding hydrogens is 408 g/mol. The smallest absolute Gasteiger partial charge is 0.243 e. The van der Waals surface area contributed by atoms with Crippen LogP contribution in [-0.2, 0) is 19.6 Å². The van der Waals surface area contributed by atoms with Gasteiger partial charge in [0.25, 0.3) is 0 Å². The van der Waals surface area contributed by atoms with E-state index in [-0.39, 0.29) is 30.4 Å². The highest BCUT2D eigenvalue weighted by molar-refractivity contribution is 7.88. The van der Waals surface area contributed by atoms with Crippen LogP contribution in [0.2, 0.25) is 0 Å². The molecule has 4 atom stereocenters. The first-order valence-electron chi connectivity index (χ1n) is 10.3. The molecule has 3 heterocycles. The topological polar surface area (TPSA) is 122 Å². The van der Waals surface area contributed by atoms with E-state index in [0.29, 0.717) is 38.8 Å². The summed E-state index contributed by atoms with van der Waals surface area (Å²) in [5, 5.41) is 3.09. The van der Waals surface area contributed by atoms with Crippen LogP contribution >= 0.6 is 0 Å².